The van der Waals surface area contributed by atoms with Crippen molar-refractivity contribution in [3.63, 3.8) is 0 Å². The Kier molecular flexibility index (Phi) is 12.6. The Labute approximate surface area is 247 Å². The molecule has 0 unspecified atom stereocenters. The van der Waals surface area contributed by atoms with E-state index in [9.17, 15) is 14.4 Å². The summed E-state index contributed by atoms with van der Waals surface area (Å²) in [5.41, 5.74) is 1.30. The summed E-state index contributed by atoms with van der Waals surface area (Å²) in [5, 5.41) is 6.24. The first-order chi connectivity index (χ1) is 19.5. The molecule has 1 aromatic rings. The molecule has 0 spiro atoms. The fourth-order valence-corrected chi connectivity index (χ4v) is 8.00. The number of piperidine rings is 1. The van der Waals surface area contributed by atoms with Crippen LogP contribution in [0.1, 0.15) is 50.5 Å². The average Bonchev–Trinajstić information content (AvgIpc) is 3.48. The van der Waals surface area contributed by atoms with Gasteiger partial charge in [0.05, 0.1) is 5.88 Å². The Hall–Kier alpha value is -2.17. The van der Waals surface area contributed by atoms with Gasteiger partial charge in [-0.25, -0.2) is 4.79 Å². The fourth-order valence-electron chi connectivity index (χ4n) is 5.59. The number of hydrogen-bond donors (Lipinski definition) is 2. The summed E-state index contributed by atoms with van der Waals surface area (Å²) in [6, 6.07) is 9.26. The van der Waals surface area contributed by atoms with Crippen LogP contribution < -0.4 is 10.6 Å². The Bertz CT molecular complexity index is 968. The highest BCUT2D eigenvalue weighted by Crippen LogP contribution is 2.27. The van der Waals surface area contributed by atoms with Gasteiger partial charge in [0.25, 0.3) is 0 Å². The van der Waals surface area contributed by atoms with Gasteiger partial charge in [0.1, 0.15) is 18.7 Å². The van der Waals surface area contributed by atoms with Crippen molar-refractivity contribution >= 4 is 41.4 Å². The van der Waals surface area contributed by atoms with Crippen LogP contribution in [0.15, 0.2) is 43.0 Å². The van der Waals surface area contributed by atoms with Crippen molar-refractivity contribution in [3.8, 4) is 0 Å². The van der Waals surface area contributed by atoms with Crippen molar-refractivity contribution < 1.29 is 19.1 Å². The van der Waals surface area contributed by atoms with Gasteiger partial charge in [0, 0.05) is 37.2 Å². The quantitative estimate of drug-likeness (QED) is 0.353. The normalized spacial score (nSPS) is 21.5. The molecule has 220 valence electrons. The number of likely N-dealkylation sites (tertiary alicyclic amines) is 1. The van der Waals surface area contributed by atoms with Crippen LogP contribution in [0.4, 0.5) is 4.79 Å². The zero-order chi connectivity index (χ0) is 28.2. The molecule has 4 rings (SSSR count). The first-order valence-corrected chi connectivity index (χ1v) is 16.9. The van der Waals surface area contributed by atoms with Gasteiger partial charge in [-0.15, -0.1) is 11.8 Å². The predicted octanol–water partition coefficient (Wildman–Crippen LogP) is 4.26. The van der Waals surface area contributed by atoms with Gasteiger partial charge >= 0.3 is 6.09 Å². The molecule has 10 heteroatoms. The standard InChI is InChI=1S/C30H44N4O4S2/c1-2-17-38-30(37)34-22-40-21-27(34)29(36)32-26(20-39-19-24-11-7-4-8-12-24)28(35)31-25-13-15-33(16-14-25)18-23-9-5-3-6-10-23/h2-3,5-6,9-10,24-27H,1,4,7-8,11-22H2,(H,31,35)(H,32,36)/t26-,27-/m0/s1. The van der Waals surface area contributed by atoms with E-state index in [1.807, 2.05) is 6.07 Å². The zero-order valence-electron chi connectivity index (χ0n) is 23.4. The van der Waals surface area contributed by atoms with Crippen LogP contribution >= 0.6 is 23.5 Å². The van der Waals surface area contributed by atoms with E-state index in [0.717, 1.165) is 38.2 Å². The number of carbonyl (C=O) groups excluding carboxylic acids is 3. The largest absolute Gasteiger partial charge is 0.445 e. The third-order valence-corrected chi connectivity index (χ3v) is 10.2. The molecule has 8 nitrogen and oxygen atoms in total. The second-order valence-corrected chi connectivity index (χ2v) is 13.1. The number of nitrogens with one attached hydrogen (secondary N) is 2. The van der Waals surface area contributed by atoms with Gasteiger partial charge < -0.3 is 15.4 Å². The molecular weight excluding hydrogens is 544 g/mol. The lowest BCUT2D eigenvalue weighted by atomic mass is 9.91. The highest BCUT2D eigenvalue weighted by atomic mass is 32.2. The van der Waals surface area contributed by atoms with Crippen molar-refractivity contribution in [2.75, 3.05) is 42.8 Å². The molecule has 40 heavy (non-hydrogen) atoms. The Morgan fingerprint density at radius 3 is 2.58 bits per heavy atom. The molecule has 3 aliphatic rings. The third-order valence-electron chi connectivity index (χ3n) is 7.92. The SMILES string of the molecule is C=CCOC(=O)N1CSC[C@H]1C(=O)N[C@@H](CSCC1CCCCC1)C(=O)NC1CCN(Cc2ccccc2)CC1. The fraction of sp³-hybridized carbons (Fsp3) is 0.633. The molecule has 2 N–H and O–H groups in total. The molecule has 0 bridgehead atoms. The minimum atomic E-state index is -0.651. The molecule has 0 aromatic heterocycles. The summed E-state index contributed by atoms with van der Waals surface area (Å²) in [4.78, 5) is 43.2. The van der Waals surface area contributed by atoms with Gasteiger partial charge in [0.15, 0.2) is 0 Å². The van der Waals surface area contributed by atoms with E-state index in [0.29, 0.717) is 23.3 Å². The maximum Gasteiger partial charge on any atom is 0.411 e. The second kappa shape index (κ2) is 16.3. The lowest BCUT2D eigenvalue weighted by Crippen LogP contribution is -2.56. The Morgan fingerprint density at radius 1 is 1.10 bits per heavy atom. The van der Waals surface area contributed by atoms with E-state index in [1.165, 1.54) is 60.4 Å². The van der Waals surface area contributed by atoms with Crippen LogP contribution in [0.3, 0.4) is 0 Å². The number of benzene rings is 1. The van der Waals surface area contributed by atoms with Crippen molar-refractivity contribution in [2.45, 2.75) is 69.6 Å². The third kappa shape index (κ3) is 9.45. The van der Waals surface area contributed by atoms with Gasteiger partial charge in [0.2, 0.25) is 11.8 Å². The van der Waals surface area contributed by atoms with Gasteiger partial charge in [-0.1, -0.05) is 62.2 Å². The Morgan fingerprint density at radius 2 is 1.85 bits per heavy atom. The number of amides is 3. The highest BCUT2D eigenvalue weighted by molar-refractivity contribution is 7.99. The number of carbonyl (C=O) groups is 3. The number of rotatable bonds is 12. The van der Waals surface area contributed by atoms with Crippen molar-refractivity contribution in [1.29, 1.82) is 0 Å². The van der Waals surface area contributed by atoms with E-state index in [-0.39, 0.29) is 24.5 Å². The van der Waals surface area contributed by atoms with E-state index in [2.05, 4.69) is 46.4 Å². The summed E-state index contributed by atoms with van der Waals surface area (Å²) in [6.07, 6.45) is 9.13. The maximum absolute atomic E-state index is 13.5. The molecule has 1 saturated carbocycles. The molecule has 1 aromatic carbocycles. The maximum atomic E-state index is 13.5. The predicted molar refractivity (Wildman–Crippen MR) is 163 cm³/mol. The molecule has 2 saturated heterocycles. The molecule has 3 amide bonds. The van der Waals surface area contributed by atoms with Crippen LogP contribution in [0.2, 0.25) is 0 Å². The summed E-state index contributed by atoms with van der Waals surface area (Å²) in [5.74, 6) is 2.68. The first-order valence-electron chi connectivity index (χ1n) is 14.6. The minimum absolute atomic E-state index is 0.0923. The summed E-state index contributed by atoms with van der Waals surface area (Å²) in [7, 11) is 0. The molecule has 2 aliphatic heterocycles. The first kappa shape index (κ1) is 30.8. The average molecular weight is 589 g/mol. The molecule has 2 heterocycles. The van der Waals surface area contributed by atoms with E-state index >= 15 is 0 Å². The van der Waals surface area contributed by atoms with Crippen LogP contribution in [0.25, 0.3) is 0 Å². The topological polar surface area (TPSA) is 91.0 Å². The monoisotopic (exact) mass is 588 g/mol. The second-order valence-electron chi connectivity index (χ2n) is 11.0. The van der Waals surface area contributed by atoms with Crippen molar-refractivity contribution in [3.05, 3.63) is 48.6 Å². The van der Waals surface area contributed by atoms with Crippen molar-refractivity contribution in [2.24, 2.45) is 5.92 Å². The lowest BCUT2D eigenvalue weighted by Gasteiger charge is -2.33. The van der Waals surface area contributed by atoms with Gasteiger partial charge in [-0.2, -0.15) is 11.8 Å². The molecule has 2 atom stereocenters. The number of nitrogens with zero attached hydrogens (tertiary/aromatic N) is 2. The smallest absolute Gasteiger partial charge is 0.411 e. The zero-order valence-corrected chi connectivity index (χ0v) is 25.1. The summed E-state index contributed by atoms with van der Waals surface area (Å²) < 4.78 is 5.17. The highest BCUT2D eigenvalue weighted by Gasteiger charge is 2.37. The van der Waals surface area contributed by atoms with E-state index < -0.39 is 18.2 Å². The molecule has 1 aliphatic carbocycles. The molecule has 3 fully saturated rings. The van der Waals surface area contributed by atoms with Gasteiger partial charge in [-0.05, 0) is 42.9 Å². The summed E-state index contributed by atoms with van der Waals surface area (Å²) >= 11 is 3.27. The molecule has 0 radical (unpaired) electrons. The van der Waals surface area contributed by atoms with Crippen LogP contribution in [-0.2, 0) is 20.9 Å². The number of ether oxygens (including phenoxy) is 1. The van der Waals surface area contributed by atoms with E-state index in [1.54, 1.807) is 11.8 Å². The summed E-state index contributed by atoms with van der Waals surface area (Å²) in [6.45, 7) is 6.44. The lowest BCUT2D eigenvalue weighted by molar-refractivity contribution is -0.130. The number of hydrogen-bond acceptors (Lipinski definition) is 7. The van der Waals surface area contributed by atoms with E-state index in [4.69, 9.17) is 4.74 Å². The van der Waals surface area contributed by atoms with Crippen LogP contribution in [0.5, 0.6) is 0 Å². The Balaban J connectivity index is 1.31. The number of thioether (sulfide) groups is 2. The molecular formula is C30H44N4O4S2. The minimum Gasteiger partial charge on any atom is -0.445 e. The van der Waals surface area contributed by atoms with Crippen LogP contribution in [0, 0.1) is 5.92 Å². The van der Waals surface area contributed by atoms with Crippen molar-refractivity contribution in [1.82, 2.24) is 20.4 Å². The van der Waals surface area contributed by atoms with Gasteiger partial charge in [-0.3, -0.25) is 19.4 Å². The van der Waals surface area contributed by atoms with Crippen LogP contribution in [-0.4, -0.2) is 88.7 Å².